The number of benzene rings is 2. The van der Waals surface area contributed by atoms with Gasteiger partial charge < -0.3 is 10.1 Å². The van der Waals surface area contributed by atoms with Crippen molar-refractivity contribution in [2.75, 3.05) is 11.1 Å². The van der Waals surface area contributed by atoms with E-state index in [9.17, 15) is 18.6 Å². The fourth-order valence-electron chi connectivity index (χ4n) is 3.79. The van der Waals surface area contributed by atoms with Crippen molar-refractivity contribution in [3.8, 4) is 0 Å². The zero-order valence-electron chi connectivity index (χ0n) is 16.3. The third-order valence-electron chi connectivity index (χ3n) is 5.24. The first-order chi connectivity index (χ1) is 15.1. The second kappa shape index (κ2) is 9.15. The van der Waals surface area contributed by atoms with Gasteiger partial charge in [-0.2, -0.15) is 0 Å². The van der Waals surface area contributed by atoms with E-state index in [1.54, 1.807) is 0 Å². The summed E-state index contributed by atoms with van der Waals surface area (Å²) < 4.78 is 18.6. The zero-order chi connectivity index (χ0) is 22.0. The quantitative estimate of drug-likeness (QED) is 0.270. The van der Waals surface area contributed by atoms with Crippen LogP contribution >= 0.6 is 15.9 Å². The summed E-state index contributed by atoms with van der Waals surface area (Å²) in [6.45, 7) is 0. The predicted octanol–water partition coefficient (Wildman–Crippen LogP) is 2.01. The Morgan fingerprint density at radius 1 is 1.16 bits per heavy atom. The van der Waals surface area contributed by atoms with E-state index in [2.05, 4.69) is 21.2 Å². The lowest BCUT2D eigenvalue weighted by Gasteiger charge is -2.48. The molecule has 3 atom stereocenters. The lowest BCUT2D eigenvalue weighted by Crippen LogP contribution is -2.72. The minimum absolute atomic E-state index is 0.0901. The number of amides is 2. The highest BCUT2D eigenvalue weighted by molar-refractivity contribution is 9.09. The van der Waals surface area contributed by atoms with E-state index in [-0.39, 0.29) is 16.8 Å². The van der Waals surface area contributed by atoms with Crippen LogP contribution in [0, 0.1) is 0 Å². The van der Waals surface area contributed by atoms with Crippen LogP contribution in [-0.2, 0) is 29.9 Å². The summed E-state index contributed by atoms with van der Waals surface area (Å²) in [4.78, 5) is 38.0. The molecule has 0 unspecified atom stereocenters. The van der Waals surface area contributed by atoms with Crippen molar-refractivity contribution in [3.05, 3.63) is 83.1 Å². The maximum absolute atomic E-state index is 13.3. The SMILES string of the molecule is O=CN[C@@H]1C(=O)N2C(C(=O)OC(c3ccccc3)c3ccccc3)=C(CBr)C[S@](=O)[C@H]12. The number of nitrogens with zero attached hydrogens (tertiary/aromatic N) is 1. The first-order valence-electron chi connectivity index (χ1n) is 9.55. The number of carbonyl (C=O) groups is 3. The van der Waals surface area contributed by atoms with Crippen molar-refractivity contribution >= 4 is 45.0 Å². The van der Waals surface area contributed by atoms with E-state index < -0.39 is 40.2 Å². The van der Waals surface area contributed by atoms with E-state index in [0.29, 0.717) is 12.0 Å². The van der Waals surface area contributed by atoms with Crippen molar-refractivity contribution in [3.63, 3.8) is 0 Å². The van der Waals surface area contributed by atoms with Gasteiger partial charge in [-0.3, -0.25) is 18.7 Å². The number of hydrogen-bond acceptors (Lipinski definition) is 5. The number of nitrogens with one attached hydrogen (secondary N) is 1. The number of rotatable bonds is 7. The van der Waals surface area contributed by atoms with Crippen LogP contribution < -0.4 is 5.32 Å². The van der Waals surface area contributed by atoms with E-state index >= 15 is 0 Å². The molecule has 2 aliphatic rings. The molecule has 4 rings (SSSR count). The van der Waals surface area contributed by atoms with Crippen LogP contribution in [0.25, 0.3) is 0 Å². The van der Waals surface area contributed by atoms with Crippen LogP contribution in [0.3, 0.4) is 0 Å². The Balaban J connectivity index is 1.69. The summed E-state index contributed by atoms with van der Waals surface area (Å²) in [6, 6.07) is 17.7. The molecule has 1 N–H and O–H groups in total. The van der Waals surface area contributed by atoms with Gasteiger partial charge in [0.15, 0.2) is 6.10 Å². The van der Waals surface area contributed by atoms with Crippen LogP contribution in [0.1, 0.15) is 17.2 Å². The molecule has 2 heterocycles. The van der Waals surface area contributed by atoms with Crippen molar-refractivity contribution in [1.29, 1.82) is 0 Å². The van der Waals surface area contributed by atoms with E-state index in [0.717, 1.165) is 11.1 Å². The van der Waals surface area contributed by atoms with E-state index in [1.807, 2.05) is 60.7 Å². The second-order valence-corrected chi connectivity index (χ2v) is 9.17. The van der Waals surface area contributed by atoms with Gasteiger partial charge in [-0.05, 0) is 16.7 Å². The first-order valence-corrected chi connectivity index (χ1v) is 12.1. The Bertz CT molecular complexity index is 1020. The Kier molecular flexibility index (Phi) is 6.33. The molecular weight excluding hydrogens is 484 g/mol. The summed E-state index contributed by atoms with van der Waals surface area (Å²) in [5, 5.41) is 1.88. The average molecular weight is 503 g/mol. The molecule has 2 aromatic carbocycles. The smallest absolute Gasteiger partial charge is 0.356 e. The standard InChI is InChI=1S/C22H19BrN2O5S/c23-11-16-12-31(29)21-17(24-13-26)20(27)25(21)18(16)22(28)30-19(14-7-3-1-4-8-14)15-9-5-2-6-10-15/h1-10,13,17,19,21H,11-12H2,(H,24,26)/t17-,21-,31+/m1/s1. The van der Waals surface area contributed by atoms with Crippen LogP contribution in [-0.4, -0.2) is 49.9 Å². The van der Waals surface area contributed by atoms with Gasteiger partial charge in [-0.25, -0.2) is 4.79 Å². The summed E-state index contributed by atoms with van der Waals surface area (Å²) in [5.74, 6) is -1.04. The molecule has 2 amide bonds. The summed E-state index contributed by atoms with van der Waals surface area (Å²) >= 11 is 3.33. The molecule has 0 bridgehead atoms. The number of ether oxygens (including phenoxy) is 1. The molecule has 1 fully saturated rings. The Hall–Kier alpha value is -2.78. The molecule has 2 aliphatic heterocycles. The molecule has 31 heavy (non-hydrogen) atoms. The number of alkyl halides is 1. The molecule has 0 spiro atoms. The van der Waals surface area contributed by atoms with Crippen molar-refractivity contribution in [2.24, 2.45) is 0 Å². The van der Waals surface area contributed by atoms with Crippen LogP contribution in [0.15, 0.2) is 71.9 Å². The number of β-lactam (4-membered cyclic amide) rings is 1. The van der Waals surface area contributed by atoms with E-state index in [1.165, 1.54) is 4.90 Å². The maximum atomic E-state index is 13.3. The topological polar surface area (TPSA) is 92.8 Å². The average Bonchev–Trinajstić information content (AvgIpc) is 2.81. The van der Waals surface area contributed by atoms with Crippen LogP contribution in [0.2, 0.25) is 0 Å². The van der Waals surface area contributed by atoms with Gasteiger partial charge in [0.2, 0.25) is 6.41 Å². The molecular formula is C22H19BrN2O5S. The number of fused-ring (bicyclic) bond motifs is 1. The largest absolute Gasteiger partial charge is 0.448 e. The first kappa shape index (κ1) is 21.5. The lowest BCUT2D eigenvalue weighted by molar-refractivity contribution is -0.154. The fourth-order valence-corrected chi connectivity index (χ4v) is 6.21. The highest BCUT2D eigenvalue weighted by Gasteiger charge is 2.56. The third-order valence-corrected chi connectivity index (χ3v) is 7.57. The van der Waals surface area contributed by atoms with E-state index in [4.69, 9.17) is 4.74 Å². The van der Waals surface area contributed by atoms with Gasteiger partial charge in [0.25, 0.3) is 5.91 Å². The molecule has 0 saturated carbocycles. The highest BCUT2D eigenvalue weighted by atomic mass is 79.9. The lowest BCUT2D eigenvalue weighted by atomic mass is 10.0. The van der Waals surface area contributed by atoms with Crippen LogP contribution in [0.4, 0.5) is 0 Å². The Labute approximate surface area is 190 Å². The molecule has 7 nitrogen and oxygen atoms in total. The number of halogens is 1. The predicted molar refractivity (Wildman–Crippen MR) is 118 cm³/mol. The Morgan fingerprint density at radius 3 is 2.26 bits per heavy atom. The zero-order valence-corrected chi connectivity index (χ0v) is 18.7. The summed E-state index contributed by atoms with van der Waals surface area (Å²) in [5.41, 5.74) is 2.19. The van der Waals surface area contributed by atoms with Gasteiger partial charge in [0, 0.05) is 5.33 Å². The van der Waals surface area contributed by atoms with Crippen molar-refractivity contribution in [1.82, 2.24) is 10.2 Å². The fraction of sp³-hybridized carbons (Fsp3) is 0.227. The van der Waals surface area contributed by atoms with Gasteiger partial charge in [-0.15, -0.1) is 0 Å². The molecule has 2 aromatic rings. The number of carbonyl (C=O) groups excluding carboxylic acids is 3. The molecule has 0 aliphatic carbocycles. The monoisotopic (exact) mass is 502 g/mol. The molecule has 0 aromatic heterocycles. The van der Waals surface area contributed by atoms with Gasteiger partial charge in [0.05, 0.1) is 16.6 Å². The summed E-state index contributed by atoms with van der Waals surface area (Å²) in [7, 11) is -1.44. The van der Waals surface area contributed by atoms with Gasteiger partial charge in [-0.1, -0.05) is 76.6 Å². The highest BCUT2D eigenvalue weighted by Crippen LogP contribution is 2.37. The molecule has 1 saturated heterocycles. The van der Waals surface area contributed by atoms with Gasteiger partial charge in [0.1, 0.15) is 17.1 Å². The minimum atomic E-state index is -1.44. The molecule has 9 heteroatoms. The number of hydrogen-bond donors (Lipinski definition) is 1. The van der Waals surface area contributed by atoms with Crippen LogP contribution in [0.5, 0.6) is 0 Å². The normalized spacial score (nSPS) is 22.6. The molecule has 0 radical (unpaired) electrons. The minimum Gasteiger partial charge on any atom is -0.448 e. The van der Waals surface area contributed by atoms with Crippen molar-refractivity contribution < 1.29 is 23.3 Å². The Morgan fingerprint density at radius 2 is 1.74 bits per heavy atom. The maximum Gasteiger partial charge on any atom is 0.356 e. The van der Waals surface area contributed by atoms with Gasteiger partial charge >= 0.3 is 5.97 Å². The van der Waals surface area contributed by atoms with Crippen molar-refractivity contribution in [2.45, 2.75) is 17.5 Å². The number of esters is 1. The molecule has 160 valence electrons. The second-order valence-electron chi connectivity index (χ2n) is 7.08. The third kappa shape index (κ3) is 3.95. The summed E-state index contributed by atoms with van der Waals surface area (Å²) in [6.07, 6.45) is -0.273.